The molecule has 19 heavy (non-hydrogen) atoms. The molecule has 1 aromatic carbocycles. The van der Waals surface area contributed by atoms with Gasteiger partial charge in [0.1, 0.15) is 0 Å². The van der Waals surface area contributed by atoms with Crippen LogP contribution in [0.1, 0.15) is 27.6 Å². The Labute approximate surface area is 111 Å². The molecule has 0 unspecified atom stereocenters. The van der Waals surface area contributed by atoms with Crippen LogP contribution in [0.3, 0.4) is 0 Å². The van der Waals surface area contributed by atoms with Crippen molar-refractivity contribution in [2.45, 2.75) is 20.3 Å². The number of aryl methyl sites for hydroxylation is 2. The highest BCUT2D eigenvalue weighted by molar-refractivity contribution is 5.94. The molecule has 1 aromatic heterocycles. The number of aromatic nitrogens is 2. The fourth-order valence-corrected chi connectivity index (χ4v) is 1.65. The van der Waals surface area contributed by atoms with Crippen LogP contribution in [0.4, 0.5) is 5.69 Å². The summed E-state index contributed by atoms with van der Waals surface area (Å²) in [6.45, 7) is 4.06. The standard InChI is InChI=1S/C13H16N4O2/c1-8-7-10(3-4-11(8)14)13(18)15-6-5-12-16-9(2)19-17-12/h3-4,7H,5-6,14H2,1-2H3,(H,15,18). The average Bonchev–Trinajstić information content (AvgIpc) is 2.78. The second-order valence-electron chi connectivity index (χ2n) is 4.31. The van der Waals surface area contributed by atoms with Crippen molar-refractivity contribution in [2.24, 2.45) is 0 Å². The van der Waals surface area contributed by atoms with E-state index in [1.165, 1.54) is 0 Å². The molecule has 0 saturated heterocycles. The van der Waals surface area contributed by atoms with Crippen LogP contribution in [0.25, 0.3) is 0 Å². The van der Waals surface area contributed by atoms with E-state index in [2.05, 4.69) is 15.5 Å². The molecule has 6 nitrogen and oxygen atoms in total. The Morgan fingerprint density at radius 2 is 2.21 bits per heavy atom. The number of nitrogens with one attached hydrogen (secondary N) is 1. The maximum atomic E-state index is 11.9. The lowest BCUT2D eigenvalue weighted by Crippen LogP contribution is -2.26. The maximum absolute atomic E-state index is 11.9. The molecule has 0 aliphatic carbocycles. The molecule has 3 N–H and O–H groups in total. The Hall–Kier alpha value is -2.37. The Morgan fingerprint density at radius 1 is 1.42 bits per heavy atom. The van der Waals surface area contributed by atoms with Gasteiger partial charge in [-0.2, -0.15) is 4.98 Å². The number of anilines is 1. The van der Waals surface area contributed by atoms with Crippen LogP contribution < -0.4 is 11.1 Å². The van der Waals surface area contributed by atoms with Gasteiger partial charge in [-0.3, -0.25) is 4.79 Å². The molecule has 2 rings (SSSR count). The summed E-state index contributed by atoms with van der Waals surface area (Å²) in [6.07, 6.45) is 0.539. The first-order valence-corrected chi connectivity index (χ1v) is 6.00. The van der Waals surface area contributed by atoms with Gasteiger partial charge in [-0.25, -0.2) is 0 Å². The maximum Gasteiger partial charge on any atom is 0.251 e. The summed E-state index contributed by atoms with van der Waals surface area (Å²) in [5.74, 6) is 0.977. The summed E-state index contributed by atoms with van der Waals surface area (Å²) in [5, 5.41) is 6.56. The van der Waals surface area contributed by atoms with Crippen molar-refractivity contribution in [3.63, 3.8) is 0 Å². The molecule has 1 heterocycles. The largest absolute Gasteiger partial charge is 0.399 e. The molecular weight excluding hydrogens is 244 g/mol. The molecule has 1 amide bonds. The average molecular weight is 260 g/mol. The van der Waals surface area contributed by atoms with E-state index >= 15 is 0 Å². The van der Waals surface area contributed by atoms with E-state index in [9.17, 15) is 4.79 Å². The third-order valence-electron chi connectivity index (χ3n) is 2.74. The smallest absolute Gasteiger partial charge is 0.251 e. The first-order chi connectivity index (χ1) is 9.06. The number of nitrogens with zero attached hydrogens (tertiary/aromatic N) is 2. The first-order valence-electron chi connectivity index (χ1n) is 6.00. The lowest BCUT2D eigenvalue weighted by atomic mass is 10.1. The topological polar surface area (TPSA) is 94.0 Å². The second-order valence-corrected chi connectivity index (χ2v) is 4.31. The molecule has 0 saturated carbocycles. The van der Waals surface area contributed by atoms with E-state index < -0.39 is 0 Å². The number of hydrogen-bond acceptors (Lipinski definition) is 5. The lowest BCUT2D eigenvalue weighted by Gasteiger charge is -2.06. The molecule has 0 fully saturated rings. The quantitative estimate of drug-likeness (QED) is 0.807. The summed E-state index contributed by atoms with van der Waals surface area (Å²) in [5.41, 5.74) is 7.87. The highest BCUT2D eigenvalue weighted by Crippen LogP contribution is 2.12. The number of nitrogen functional groups attached to an aromatic ring is 1. The molecule has 0 spiro atoms. The number of carbonyl (C=O) groups excluding carboxylic acids is 1. The molecule has 0 atom stereocenters. The Kier molecular flexibility index (Phi) is 3.79. The van der Waals surface area contributed by atoms with Gasteiger partial charge >= 0.3 is 0 Å². The van der Waals surface area contributed by atoms with Crippen LogP contribution in [0.15, 0.2) is 22.7 Å². The van der Waals surface area contributed by atoms with Crippen LogP contribution in [-0.2, 0) is 6.42 Å². The van der Waals surface area contributed by atoms with Gasteiger partial charge in [-0.1, -0.05) is 5.16 Å². The van der Waals surface area contributed by atoms with Crippen molar-refractivity contribution in [3.8, 4) is 0 Å². The molecule has 2 aromatic rings. The zero-order valence-corrected chi connectivity index (χ0v) is 10.9. The summed E-state index contributed by atoms with van der Waals surface area (Å²) in [6, 6.07) is 5.20. The van der Waals surface area contributed by atoms with Crippen molar-refractivity contribution in [1.29, 1.82) is 0 Å². The van der Waals surface area contributed by atoms with E-state index in [1.54, 1.807) is 25.1 Å². The molecule has 0 aliphatic rings. The normalized spacial score (nSPS) is 10.4. The third-order valence-corrected chi connectivity index (χ3v) is 2.74. The number of hydrogen-bond donors (Lipinski definition) is 2. The molecule has 6 heteroatoms. The number of amides is 1. The second kappa shape index (κ2) is 5.51. The number of benzene rings is 1. The zero-order valence-electron chi connectivity index (χ0n) is 10.9. The van der Waals surface area contributed by atoms with Gasteiger partial charge in [0.2, 0.25) is 5.89 Å². The van der Waals surface area contributed by atoms with Gasteiger partial charge in [-0.05, 0) is 30.7 Å². The summed E-state index contributed by atoms with van der Waals surface area (Å²) < 4.78 is 4.85. The van der Waals surface area contributed by atoms with Gasteiger partial charge < -0.3 is 15.6 Å². The highest BCUT2D eigenvalue weighted by Gasteiger charge is 2.07. The van der Waals surface area contributed by atoms with Crippen molar-refractivity contribution < 1.29 is 9.32 Å². The van der Waals surface area contributed by atoms with Gasteiger partial charge in [0.25, 0.3) is 5.91 Å². The minimum atomic E-state index is -0.136. The Morgan fingerprint density at radius 3 is 2.84 bits per heavy atom. The fourth-order valence-electron chi connectivity index (χ4n) is 1.65. The van der Waals surface area contributed by atoms with E-state index in [1.807, 2.05) is 6.92 Å². The van der Waals surface area contributed by atoms with Crippen LogP contribution in [0.2, 0.25) is 0 Å². The minimum absolute atomic E-state index is 0.136. The number of rotatable bonds is 4. The summed E-state index contributed by atoms with van der Waals surface area (Å²) in [7, 11) is 0. The van der Waals surface area contributed by atoms with E-state index in [0.29, 0.717) is 35.9 Å². The molecule has 100 valence electrons. The SMILES string of the molecule is Cc1nc(CCNC(=O)c2ccc(N)c(C)c2)no1. The summed E-state index contributed by atoms with van der Waals surface area (Å²) in [4.78, 5) is 15.9. The lowest BCUT2D eigenvalue weighted by molar-refractivity contribution is 0.0954. The van der Waals surface area contributed by atoms with E-state index in [0.717, 1.165) is 5.56 Å². The Balaban J connectivity index is 1.89. The predicted octanol–water partition coefficient (Wildman–Crippen LogP) is 1.24. The summed E-state index contributed by atoms with van der Waals surface area (Å²) >= 11 is 0. The third kappa shape index (κ3) is 3.31. The van der Waals surface area contributed by atoms with Crippen molar-refractivity contribution in [3.05, 3.63) is 41.0 Å². The zero-order chi connectivity index (χ0) is 13.8. The predicted molar refractivity (Wildman–Crippen MR) is 70.7 cm³/mol. The van der Waals surface area contributed by atoms with Crippen LogP contribution in [0.5, 0.6) is 0 Å². The Bertz CT molecular complexity index is 592. The van der Waals surface area contributed by atoms with Crippen LogP contribution >= 0.6 is 0 Å². The fraction of sp³-hybridized carbons (Fsp3) is 0.308. The molecule has 0 radical (unpaired) electrons. The number of nitrogens with two attached hydrogens (primary N) is 1. The molecular formula is C13H16N4O2. The van der Waals surface area contributed by atoms with Gasteiger partial charge in [0, 0.05) is 31.1 Å². The van der Waals surface area contributed by atoms with Crippen molar-refractivity contribution in [1.82, 2.24) is 15.5 Å². The van der Waals surface area contributed by atoms with Crippen LogP contribution in [0, 0.1) is 13.8 Å². The van der Waals surface area contributed by atoms with Crippen molar-refractivity contribution in [2.75, 3.05) is 12.3 Å². The van der Waals surface area contributed by atoms with E-state index in [4.69, 9.17) is 10.3 Å². The molecule has 0 aliphatic heterocycles. The van der Waals surface area contributed by atoms with Gasteiger partial charge in [0.05, 0.1) is 0 Å². The minimum Gasteiger partial charge on any atom is -0.399 e. The number of carbonyl (C=O) groups is 1. The van der Waals surface area contributed by atoms with E-state index in [-0.39, 0.29) is 5.91 Å². The van der Waals surface area contributed by atoms with Gasteiger partial charge in [-0.15, -0.1) is 0 Å². The monoisotopic (exact) mass is 260 g/mol. The molecule has 0 bridgehead atoms. The van der Waals surface area contributed by atoms with Crippen molar-refractivity contribution >= 4 is 11.6 Å². The highest BCUT2D eigenvalue weighted by atomic mass is 16.5. The van der Waals surface area contributed by atoms with Crippen LogP contribution in [-0.4, -0.2) is 22.6 Å². The first kappa shape index (κ1) is 13.1. The van der Waals surface area contributed by atoms with Gasteiger partial charge in [0.15, 0.2) is 5.82 Å².